The van der Waals surface area contributed by atoms with Crippen molar-refractivity contribution in [1.29, 1.82) is 0 Å². The number of aliphatic hydroxyl groups excluding tert-OH is 1. The highest BCUT2D eigenvalue weighted by Gasteiger charge is 2.41. The average molecular weight is 543 g/mol. The highest BCUT2D eigenvalue weighted by atomic mass is 19.4. The summed E-state index contributed by atoms with van der Waals surface area (Å²) >= 11 is 0. The molecule has 1 saturated heterocycles. The molecule has 1 aliphatic rings. The number of rotatable bonds is 8. The van der Waals surface area contributed by atoms with Gasteiger partial charge in [-0.1, -0.05) is 36.4 Å². The maximum absolute atomic E-state index is 13.6. The molecule has 1 unspecified atom stereocenters. The van der Waals surface area contributed by atoms with Crippen LogP contribution in [0, 0.1) is 0 Å². The Bertz CT molecular complexity index is 1290. The monoisotopic (exact) mass is 542 g/mol. The smallest absolute Gasteiger partial charge is 0.419 e. The van der Waals surface area contributed by atoms with Crippen molar-refractivity contribution in [3.8, 4) is 11.5 Å². The van der Waals surface area contributed by atoms with Crippen molar-refractivity contribution in [3.05, 3.63) is 95.1 Å². The van der Waals surface area contributed by atoms with Gasteiger partial charge in [-0.2, -0.15) is 13.2 Å². The molecule has 1 atom stereocenters. The van der Waals surface area contributed by atoms with E-state index in [4.69, 9.17) is 9.47 Å². The second-order valence-electron chi connectivity index (χ2n) is 9.37. The molecule has 0 aliphatic carbocycles. The number of carbonyl (C=O) groups excluding carboxylic acids is 2. The number of benzene rings is 3. The Labute approximate surface area is 223 Å². The van der Waals surface area contributed by atoms with Gasteiger partial charge in [0.15, 0.2) is 0 Å². The zero-order valence-corrected chi connectivity index (χ0v) is 21.3. The second kappa shape index (κ2) is 11.9. The third-order valence-electron chi connectivity index (χ3n) is 6.57. The van der Waals surface area contributed by atoms with Gasteiger partial charge in [0.05, 0.1) is 11.7 Å². The van der Waals surface area contributed by atoms with E-state index in [-0.39, 0.29) is 35.4 Å². The van der Waals surface area contributed by atoms with Crippen LogP contribution in [0.2, 0.25) is 0 Å². The zero-order chi connectivity index (χ0) is 28.0. The summed E-state index contributed by atoms with van der Waals surface area (Å²) in [5.41, 5.74) is -0.853. The number of alkyl halides is 3. The molecule has 206 valence electrons. The lowest BCUT2D eigenvalue weighted by Crippen LogP contribution is -2.61. The van der Waals surface area contributed by atoms with Gasteiger partial charge in [-0.3, -0.25) is 9.59 Å². The summed E-state index contributed by atoms with van der Waals surface area (Å²) < 4.78 is 51.6. The van der Waals surface area contributed by atoms with Crippen molar-refractivity contribution in [2.75, 3.05) is 13.2 Å². The van der Waals surface area contributed by atoms with E-state index < -0.39 is 23.4 Å². The lowest BCUT2D eigenvalue weighted by atomic mass is 9.88. The van der Waals surface area contributed by atoms with Crippen LogP contribution in [0.25, 0.3) is 0 Å². The Morgan fingerprint density at radius 2 is 1.69 bits per heavy atom. The third kappa shape index (κ3) is 6.96. The van der Waals surface area contributed by atoms with Crippen LogP contribution < -0.4 is 15.4 Å². The predicted molar refractivity (Wildman–Crippen MR) is 137 cm³/mol. The van der Waals surface area contributed by atoms with Crippen LogP contribution >= 0.6 is 0 Å². The highest BCUT2D eigenvalue weighted by molar-refractivity contribution is 5.99. The molecule has 0 saturated carbocycles. The molecule has 2 amide bonds. The van der Waals surface area contributed by atoms with Gasteiger partial charge in [0, 0.05) is 38.2 Å². The normalized spacial score (nSPS) is 15.7. The molecule has 10 heteroatoms. The van der Waals surface area contributed by atoms with Crippen LogP contribution in [-0.2, 0) is 22.3 Å². The van der Waals surface area contributed by atoms with Crippen molar-refractivity contribution in [3.63, 3.8) is 0 Å². The van der Waals surface area contributed by atoms with Gasteiger partial charge >= 0.3 is 6.18 Å². The van der Waals surface area contributed by atoms with Gasteiger partial charge in [-0.05, 0) is 54.4 Å². The molecule has 3 N–H and O–H groups in total. The molecule has 0 aromatic heterocycles. The van der Waals surface area contributed by atoms with E-state index in [2.05, 4.69) is 10.6 Å². The number of hydrogen-bond acceptors (Lipinski definition) is 5. The first-order chi connectivity index (χ1) is 18.6. The zero-order valence-electron chi connectivity index (χ0n) is 21.3. The summed E-state index contributed by atoms with van der Waals surface area (Å²) in [5.74, 6) is -0.905. The molecule has 0 spiro atoms. The summed E-state index contributed by atoms with van der Waals surface area (Å²) in [6, 6.07) is 18.3. The molecule has 7 nitrogen and oxygen atoms in total. The fourth-order valence-corrected chi connectivity index (χ4v) is 4.28. The summed E-state index contributed by atoms with van der Waals surface area (Å²) in [6.45, 7) is 2.17. The predicted octanol–water partition coefficient (Wildman–Crippen LogP) is 5.15. The Morgan fingerprint density at radius 1 is 1.03 bits per heavy atom. The first-order valence-corrected chi connectivity index (χ1v) is 12.5. The van der Waals surface area contributed by atoms with E-state index >= 15 is 0 Å². The van der Waals surface area contributed by atoms with E-state index in [1.165, 1.54) is 31.2 Å². The van der Waals surface area contributed by atoms with Crippen molar-refractivity contribution >= 4 is 11.8 Å². The molecule has 4 rings (SSSR count). The van der Waals surface area contributed by atoms with E-state index in [0.717, 1.165) is 6.07 Å². The van der Waals surface area contributed by atoms with Crippen molar-refractivity contribution < 1.29 is 37.3 Å². The summed E-state index contributed by atoms with van der Waals surface area (Å²) in [4.78, 5) is 26.0. The Balaban J connectivity index is 1.42. The maximum Gasteiger partial charge on any atom is 0.419 e. The Hall–Kier alpha value is -3.89. The first-order valence-electron chi connectivity index (χ1n) is 12.5. The lowest BCUT2D eigenvalue weighted by molar-refractivity contribution is -0.138. The highest BCUT2D eigenvalue weighted by Crippen LogP contribution is 2.39. The molecule has 1 heterocycles. The summed E-state index contributed by atoms with van der Waals surface area (Å²) in [6.07, 6.45) is -5.08. The fraction of sp³-hybridized carbons (Fsp3) is 0.310. The molecule has 1 fully saturated rings. The summed E-state index contributed by atoms with van der Waals surface area (Å²) in [7, 11) is 0. The van der Waals surface area contributed by atoms with Crippen LogP contribution in [0.5, 0.6) is 11.5 Å². The summed E-state index contributed by atoms with van der Waals surface area (Å²) in [5, 5.41) is 15.4. The Kier molecular flexibility index (Phi) is 8.57. The topological polar surface area (TPSA) is 96.9 Å². The van der Waals surface area contributed by atoms with Gasteiger partial charge in [-0.15, -0.1) is 0 Å². The van der Waals surface area contributed by atoms with Crippen molar-refractivity contribution in [2.45, 2.75) is 44.1 Å². The van der Waals surface area contributed by atoms with Gasteiger partial charge in [-0.25, -0.2) is 0 Å². The minimum atomic E-state index is -4.67. The third-order valence-corrected chi connectivity index (χ3v) is 6.57. The molecule has 0 bridgehead atoms. The Morgan fingerprint density at radius 3 is 2.31 bits per heavy atom. The first kappa shape index (κ1) is 28.1. The van der Waals surface area contributed by atoms with E-state index in [1.807, 2.05) is 0 Å². The molecular formula is C29H29F3N2O5. The maximum atomic E-state index is 13.6. The van der Waals surface area contributed by atoms with Gasteiger partial charge in [0.2, 0.25) is 5.91 Å². The SMILES string of the molecule is CC(O)c1ccc(Oc2ccc(CNC(=O)C3(NC(=O)c4ccccc4)CCOCC3)cc2)c(C(F)(F)F)c1. The molecule has 1 aliphatic heterocycles. The van der Waals surface area contributed by atoms with E-state index in [0.29, 0.717) is 37.2 Å². The molecule has 0 radical (unpaired) electrons. The number of hydrogen-bond donors (Lipinski definition) is 3. The van der Waals surface area contributed by atoms with Crippen molar-refractivity contribution in [2.24, 2.45) is 0 Å². The van der Waals surface area contributed by atoms with Gasteiger partial charge in [0.1, 0.15) is 17.0 Å². The van der Waals surface area contributed by atoms with E-state index in [9.17, 15) is 27.9 Å². The van der Waals surface area contributed by atoms with Gasteiger partial charge in [0.25, 0.3) is 5.91 Å². The minimum absolute atomic E-state index is 0.128. The molecule has 3 aromatic rings. The quantitative estimate of drug-likeness (QED) is 0.366. The standard InChI is InChI=1S/C29H29F3N2O5/c1-19(35)22-9-12-25(24(17-22)29(30,31)32)39-23-10-7-20(8-11-23)18-33-27(37)28(13-15-38-16-14-28)34-26(36)21-5-3-2-4-6-21/h2-12,17,19,35H,13-16,18H2,1H3,(H,33,37)(H,34,36). The van der Waals surface area contributed by atoms with Crippen LogP contribution in [0.3, 0.4) is 0 Å². The largest absolute Gasteiger partial charge is 0.457 e. The molecule has 3 aromatic carbocycles. The van der Waals surface area contributed by atoms with Crippen LogP contribution in [-0.4, -0.2) is 35.7 Å². The second-order valence-corrected chi connectivity index (χ2v) is 9.37. The fourth-order valence-electron chi connectivity index (χ4n) is 4.28. The number of nitrogens with one attached hydrogen (secondary N) is 2. The number of carbonyl (C=O) groups is 2. The number of halogens is 3. The molecular weight excluding hydrogens is 513 g/mol. The number of ether oxygens (including phenoxy) is 2. The number of amides is 2. The van der Waals surface area contributed by atoms with Crippen LogP contribution in [0.4, 0.5) is 13.2 Å². The average Bonchev–Trinajstić information content (AvgIpc) is 2.93. The van der Waals surface area contributed by atoms with Gasteiger partial charge < -0.3 is 25.2 Å². The lowest BCUT2D eigenvalue weighted by Gasteiger charge is -2.36. The van der Waals surface area contributed by atoms with Crippen LogP contribution in [0.1, 0.15) is 52.9 Å². The number of aliphatic hydroxyl groups is 1. The minimum Gasteiger partial charge on any atom is -0.457 e. The van der Waals surface area contributed by atoms with Crippen molar-refractivity contribution in [1.82, 2.24) is 10.6 Å². The van der Waals surface area contributed by atoms with Crippen LogP contribution in [0.15, 0.2) is 72.8 Å². The van der Waals surface area contributed by atoms with E-state index in [1.54, 1.807) is 42.5 Å². The molecule has 39 heavy (non-hydrogen) atoms.